The van der Waals surface area contributed by atoms with Gasteiger partial charge in [-0.3, -0.25) is 0 Å². The van der Waals surface area contributed by atoms with Gasteiger partial charge in [-0.1, -0.05) is 0 Å². The van der Waals surface area contributed by atoms with E-state index in [0.29, 0.717) is 18.9 Å². The third-order valence-electron chi connectivity index (χ3n) is 2.99. The smallest absolute Gasteiger partial charge is 0.194 e. The van der Waals surface area contributed by atoms with Gasteiger partial charge in [-0.15, -0.1) is 10.2 Å². The summed E-state index contributed by atoms with van der Waals surface area (Å²) in [4.78, 5) is 5.88. The summed E-state index contributed by atoms with van der Waals surface area (Å²) in [5.41, 5.74) is 7.78. The Kier molecular flexibility index (Phi) is 2.96. The van der Waals surface area contributed by atoms with Crippen molar-refractivity contribution in [2.75, 3.05) is 6.54 Å². The summed E-state index contributed by atoms with van der Waals surface area (Å²) in [6.07, 6.45) is 4.69. The topological polar surface area (TPSA) is 87.4 Å². The molecule has 0 unspecified atom stereocenters. The lowest BCUT2D eigenvalue weighted by molar-refractivity contribution is 0.625. The molecule has 0 spiro atoms. The van der Waals surface area contributed by atoms with Crippen LogP contribution in [0, 0.1) is 0 Å². The molecule has 0 bridgehead atoms. The molecule has 0 atom stereocenters. The quantitative estimate of drug-likeness (QED) is 0.716. The van der Waals surface area contributed by atoms with Gasteiger partial charge in [0.15, 0.2) is 5.82 Å². The molecule has 0 aliphatic carbocycles. The summed E-state index contributed by atoms with van der Waals surface area (Å²) in [6.45, 7) is 1.18. The average molecular weight is 257 g/mol. The largest absolute Gasteiger partial charge is 0.330 e. The Balaban J connectivity index is 2.03. The zero-order valence-corrected chi connectivity index (χ0v) is 10.7. The summed E-state index contributed by atoms with van der Waals surface area (Å²) in [6, 6.07) is 4.00. The summed E-state index contributed by atoms with van der Waals surface area (Å²) in [7, 11) is 1.75. The van der Waals surface area contributed by atoms with E-state index in [1.54, 1.807) is 13.2 Å². The van der Waals surface area contributed by atoms with Crippen molar-refractivity contribution in [2.45, 2.75) is 13.0 Å². The Morgan fingerprint density at radius 1 is 1.37 bits per heavy atom. The van der Waals surface area contributed by atoms with Crippen molar-refractivity contribution in [1.29, 1.82) is 0 Å². The number of hydrogen-bond donors (Lipinski definition) is 1. The molecule has 0 aliphatic heterocycles. The van der Waals surface area contributed by atoms with E-state index in [4.69, 9.17) is 5.73 Å². The van der Waals surface area contributed by atoms with Gasteiger partial charge in [-0.2, -0.15) is 4.80 Å². The molecular formula is C12H15N7. The van der Waals surface area contributed by atoms with Crippen molar-refractivity contribution >= 4 is 11.0 Å². The zero-order valence-electron chi connectivity index (χ0n) is 10.7. The van der Waals surface area contributed by atoms with Crippen molar-refractivity contribution in [3.63, 3.8) is 0 Å². The van der Waals surface area contributed by atoms with Crippen molar-refractivity contribution in [2.24, 2.45) is 12.8 Å². The molecule has 0 fully saturated rings. The molecule has 0 saturated carbocycles. The highest BCUT2D eigenvalue weighted by Gasteiger charge is 2.10. The van der Waals surface area contributed by atoms with E-state index in [0.717, 1.165) is 17.5 Å². The molecule has 3 aromatic heterocycles. The van der Waals surface area contributed by atoms with Gasteiger partial charge >= 0.3 is 0 Å². The number of tetrazole rings is 1. The van der Waals surface area contributed by atoms with Gasteiger partial charge in [0.05, 0.1) is 13.6 Å². The number of aryl methyl sites for hydroxylation is 1. The minimum absolute atomic E-state index is 0.561. The standard InChI is InChI=1S/C12H15N7/c1-18-16-11(15-17-18)8-19-7-9(4-5-13)10-3-2-6-14-12(10)19/h2-3,6-7H,4-5,8,13H2,1H3. The fraction of sp³-hybridized carbons (Fsp3) is 0.333. The number of nitrogens with two attached hydrogens (primary N) is 1. The summed E-state index contributed by atoms with van der Waals surface area (Å²) in [5, 5.41) is 13.2. The van der Waals surface area contributed by atoms with Crippen LogP contribution in [0.3, 0.4) is 0 Å². The second-order valence-corrected chi connectivity index (χ2v) is 4.39. The van der Waals surface area contributed by atoms with Crippen LogP contribution in [-0.4, -0.2) is 36.3 Å². The molecule has 0 aliphatic rings. The molecule has 0 radical (unpaired) electrons. The third kappa shape index (κ3) is 2.19. The predicted molar refractivity (Wildman–Crippen MR) is 70.4 cm³/mol. The van der Waals surface area contributed by atoms with Crippen LogP contribution >= 0.6 is 0 Å². The molecule has 3 heterocycles. The highest BCUT2D eigenvalue weighted by Crippen LogP contribution is 2.20. The monoisotopic (exact) mass is 257 g/mol. The van der Waals surface area contributed by atoms with Crippen LogP contribution in [0.25, 0.3) is 11.0 Å². The van der Waals surface area contributed by atoms with E-state index >= 15 is 0 Å². The minimum atomic E-state index is 0.561. The maximum Gasteiger partial charge on any atom is 0.194 e. The Morgan fingerprint density at radius 2 is 2.26 bits per heavy atom. The van der Waals surface area contributed by atoms with Gasteiger partial charge in [0.2, 0.25) is 0 Å². The van der Waals surface area contributed by atoms with Crippen LogP contribution in [0.2, 0.25) is 0 Å². The molecule has 19 heavy (non-hydrogen) atoms. The Morgan fingerprint density at radius 3 is 3.00 bits per heavy atom. The Labute approximate surface area is 110 Å². The van der Waals surface area contributed by atoms with Crippen molar-refractivity contribution in [1.82, 2.24) is 29.8 Å². The van der Waals surface area contributed by atoms with Gasteiger partial charge < -0.3 is 10.3 Å². The minimum Gasteiger partial charge on any atom is -0.330 e. The second kappa shape index (κ2) is 4.77. The molecule has 3 rings (SSSR count). The van der Waals surface area contributed by atoms with Crippen LogP contribution in [0.1, 0.15) is 11.4 Å². The molecule has 0 aromatic carbocycles. The first-order chi connectivity index (χ1) is 9.28. The van der Waals surface area contributed by atoms with Gasteiger partial charge in [-0.05, 0) is 35.9 Å². The number of aromatic nitrogens is 6. The SMILES string of the molecule is Cn1nnc(Cn2cc(CCN)c3cccnc32)n1. The second-order valence-electron chi connectivity index (χ2n) is 4.39. The lowest BCUT2D eigenvalue weighted by Crippen LogP contribution is -2.03. The van der Waals surface area contributed by atoms with Crippen LogP contribution in [-0.2, 0) is 20.0 Å². The average Bonchev–Trinajstić information content (AvgIpc) is 2.97. The fourth-order valence-electron chi connectivity index (χ4n) is 2.21. The maximum absolute atomic E-state index is 5.65. The summed E-state index contributed by atoms with van der Waals surface area (Å²) in [5.74, 6) is 0.671. The predicted octanol–water partition coefficient (Wildman–Crippen LogP) is 0.109. The van der Waals surface area contributed by atoms with E-state index in [1.807, 2.05) is 10.6 Å². The van der Waals surface area contributed by atoms with Gasteiger partial charge in [-0.25, -0.2) is 4.98 Å². The third-order valence-corrected chi connectivity index (χ3v) is 2.99. The Hall–Kier alpha value is -2.28. The number of fused-ring (bicyclic) bond motifs is 1. The zero-order chi connectivity index (χ0) is 13.2. The molecule has 98 valence electrons. The van der Waals surface area contributed by atoms with Crippen LogP contribution in [0.15, 0.2) is 24.5 Å². The molecule has 2 N–H and O–H groups in total. The molecule has 7 nitrogen and oxygen atoms in total. The lowest BCUT2D eigenvalue weighted by atomic mass is 10.2. The van der Waals surface area contributed by atoms with Gasteiger partial charge in [0, 0.05) is 17.8 Å². The van der Waals surface area contributed by atoms with Crippen LogP contribution < -0.4 is 5.73 Å². The van der Waals surface area contributed by atoms with E-state index in [2.05, 4.69) is 32.7 Å². The number of pyridine rings is 1. The van der Waals surface area contributed by atoms with E-state index in [9.17, 15) is 0 Å². The lowest BCUT2D eigenvalue weighted by Gasteiger charge is -1.99. The highest BCUT2D eigenvalue weighted by molar-refractivity contribution is 5.80. The van der Waals surface area contributed by atoms with Gasteiger partial charge in [0.1, 0.15) is 5.65 Å². The van der Waals surface area contributed by atoms with E-state index in [1.165, 1.54) is 10.4 Å². The highest BCUT2D eigenvalue weighted by atomic mass is 15.6. The first kappa shape index (κ1) is 11.8. The first-order valence-electron chi connectivity index (χ1n) is 6.13. The number of hydrogen-bond acceptors (Lipinski definition) is 5. The number of rotatable bonds is 4. The normalized spacial score (nSPS) is 11.3. The summed E-state index contributed by atoms with van der Waals surface area (Å²) < 4.78 is 2.04. The van der Waals surface area contributed by atoms with E-state index < -0.39 is 0 Å². The van der Waals surface area contributed by atoms with Crippen molar-refractivity contribution in [3.8, 4) is 0 Å². The molecule has 0 saturated heterocycles. The van der Waals surface area contributed by atoms with Crippen molar-refractivity contribution in [3.05, 3.63) is 35.9 Å². The Bertz CT molecular complexity index is 697. The van der Waals surface area contributed by atoms with Crippen molar-refractivity contribution < 1.29 is 0 Å². The number of nitrogens with zero attached hydrogens (tertiary/aromatic N) is 6. The van der Waals surface area contributed by atoms with Gasteiger partial charge in [0.25, 0.3) is 0 Å². The van der Waals surface area contributed by atoms with Crippen LogP contribution in [0.5, 0.6) is 0 Å². The first-order valence-corrected chi connectivity index (χ1v) is 6.13. The fourth-order valence-corrected chi connectivity index (χ4v) is 2.21. The molecule has 7 heteroatoms. The molecule has 3 aromatic rings. The van der Waals surface area contributed by atoms with Crippen LogP contribution in [0.4, 0.5) is 0 Å². The summed E-state index contributed by atoms with van der Waals surface area (Å²) >= 11 is 0. The molecule has 0 amide bonds. The molecular weight excluding hydrogens is 242 g/mol. The van der Waals surface area contributed by atoms with E-state index in [-0.39, 0.29) is 0 Å². The maximum atomic E-state index is 5.65.